The monoisotopic (exact) mass is 514 g/mol. The standard InChI is InChI=1S/C27H35FN4O5/c1-5-29-15-21(27(36)37-16-25(34)32-17(2)7-6-8-18(32)3)26(35)20-13-22(28)24(14-23(20)29)31-11-9-30(10-12-31)19(4)33/h13-15,17-18H,5-12,16H2,1-4H3. The Balaban J connectivity index is 1.57. The van der Waals surface area contributed by atoms with Gasteiger partial charge in [0.15, 0.2) is 6.61 Å². The molecule has 1 aromatic carbocycles. The molecule has 10 heteroatoms. The number of rotatable bonds is 5. The number of aromatic nitrogens is 1. The molecule has 3 heterocycles. The normalized spacial score (nSPS) is 20.3. The van der Waals surface area contributed by atoms with Crippen molar-refractivity contribution in [3.63, 3.8) is 0 Å². The van der Waals surface area contributed by atoms with E-state index in [0.29, 0.717) is 43.9 Å². The van der Waals surface area contributed by atoms with Gasteiger partial charge in [-0.15, -0.1) is 0 Å². The summed E-state index contributed by atoms with van der Waals surface area (Å²) in [6.45, 7) is 9.25. The zero-order chi connectivity index (χ0) is 26.9. The number of carbonyl (C=O) groups excluding carboxylic acids is 3. The van der Waals surface area contributed by atoms with Gasteiger partial charge in [0.1, 0.15) is 11.4 Å². The van der Waals surface area contributed by atoms with Crippen LogP contribution in [-0.4, -0.2) is 77.0 Å². The highest BCUT2D eigenvalue weighted by atomic mass is 19.1. The lowest BCUT2D eigenvalue weighted by Gasteiger charge is -2.38. The van der Waals surface area contributed by atoms with E-state index in [1.54, 1.807) is 20.4 Å². The Morgan fingerprint density at radius 2 is 1.70 bits per heavy atom. The van der Waals surface area contributed by atoms with Crippen LogP contribution in [0, 0.1) is 5.82 Å². The fraction of sp³-hybridized carbons (Fsp3) is 0.556. The Labute approximate surface area is 215 Å². The summed E-state index contributed by atoms with van der Waals surface area (Å²) in [5.41, 5.74) is -0.0164. The van der Waals surface area contributed by atoms with Crippen molar-refractivity contribution in [3.05, 3.63) is 39.9 Å². The summed E-state index contributed by atoms with van der Waals surface area (Å²) in [4.78, 5) is 55.8. The van der Waals surface area contributed by atoms with Crippen LogP contribution >= 0.6 is 0 Å². The fourth-order valence-corrected chi connectivity index (χ4v) is 5.50. The quantitative estimate of drug-likeness (QED) is 0.570. The number of carbonyl (C=O) groups is 3. The number of pyridine rings is 1. The maximum absolute atomic E-state index is 15.2. The third-order valence-corrected chi connectivity index (χ3v) is 7.58. The molecule has 0 bridgehead atoms. The second-order valence-electron chi connectivity index (χ2n) is 9.98. The van der Waals surface area contributed by atoms with Crippen molar-refractivity contribution in [1.29, 1.82) is 0 Å². The maximum atomic E-state index is 15.2. The fourth-order valence-electron chi connectivity index (χ4n) is 5.50. The van der Waals surface area contributed by atoms with E-state index in [-0.39, 0.29) is 34.8 Å². The van der Waals surface area contributed by atoms with E-state index in [4.69, 9.17) is 4.74 Å². The highest BCUT2D eigenvalue weighted by molar-refractivity contribution is 5.95. The molecular weight excluding hydrogens is 479 g/mol. The highest BCUT2D eigenvalue weighted by Gasteiger charge is 2.30. The van der Waals surface area contributed by atoms with Gasteiger partial charge in [0.25, 0.3) is 5.91 Å². The van der Waals surface area contributed by atoms with Crippen molar-refractivity contribution < 1.29 is 23.5 Å². The molecule has 0 N–H and O–H groups in total. The van der Waals surface area contributed by atoms with Crippen LogP contribution < -0.4 is 10.3 Å². The van der Waals surface area contributed by atoms with E-state index >= 15 is 4.39 Å². The maximum Gasteiger partial charge on any atom is 0.344 e. The van der Waals surface area contributed by atoms with Crippen LogP contribution in [0.2, 0.25) is 0 Å². The van der Waals surface area contributed by atoms with Gasteiger partial charge in [-0.3, -0.25) is 14.4 Å². The van der Waals surface area contributed by atoms with Crippen molar-refractivity contribution in [1.82, 2.24) is 14.4 Å². The predicted octanol–water partition coefficient (Wildman–Crippen LogP) is 2.78. The number of aryl methyl sites for hydroxylation is 1. The van der Waals surface area contributed by atoms with Crippen molar-refractivity contribution in [2.75, 3.05) is 37.7 Å². The number of esters is 1. The van der Waals surface area contributed by atoms with Crippen LogP contribution in [0.5, 0.6) is 0 Å². The van der Waals surface area contributed by atoms with E-state index in [2.05, 4.69) is 0 Å². The molecule has 9 nitrogen and oxygen atoms in total. The summed E-state index contributed by atoms with van der Waals surface area (Å²) in [7, 11) is 0. The summed E-state index contributed by atoms with van der Waals surface area (Å²) < 4.78 is 22.2. The van der Waals surface area contributed by atoms with Crippen molar-refractivity contribution >= 4 is 34.4 Å². The summed E-state index contributed by atoms with van der Waals surface area (Å²) in [5, 5.41) is 0.0736. The lowest BCUT2D eigenvalue weighted by Crippen LogP contribution is -2.49. The molecule has 2 amide bonds. The molecule has 2 aromatic rings. The zero-order valence-electron chi connectivity index (χ0n) is 22.0. The number of benzene rings is 1. The van der Waals surface area contributed by atoms with Crippen LogP contribution in [-0.2, 0) is 20.9 Å². The molecule has 0 aliphatic carbocycles. The van der Waals surface area contributed by atoms with Gasteiger partial charge in [0.05, 0.1) is 11.2 Å². The topological polar surface area (TPSA) is 92.2 Å². The largest absolute Gasteiger partial charge is 0.452 e. The number of piperazine rings is 1. The van der Waals surface area contributed by atoms with Gasteiger partial charge in [-0.2, -0.15) is 0 Å². The number of likely N-dealkylation sites (tertiary alicyclic amines) is 1. The van der Waals surface area contributed by atoms with E-state index in [1.807, 2.05) is 25.7 Å². The minimum Gasteiger partial charge on any atom is -0.452 e. The van der Waals surface area contributed by atoms with Gasteiger partial charge in [-0.25, -0.2) is 9.18 Å². The number of anilines is 1. The van der Waals surface area contributed by atoms with Gasteiger partial charge in [-0.05, 0) is 52.2 Å². The van der Waals surface area contributed by atoms with Crippen LogP contribution in [0.25, 0.3) is 10.9 Å². The molecule has 2 saturated heterocycles. The number of hydrogen-bond donors (Lipinski definition) is 0. The summed E-state index contributed by atoms with van der Waals surface area (Å²) >= 11 is 0. The Morgan fingerprint density at radius 3 is 2.30 bits per heavy atom. The first-order valence-corrected chi connectivity index (χ1v) is 13.0. The number of amides is 2. The van der Waals surface area contributed by atoms with Crippen molar-refractivity contribution in [2.24, 2.45) is 0 Å². The average Bonchev–Trinajstić information content (AvgIpc) is 2.87. The Bertz CT molecular complexity index is 1260. The van der Waals surface area contributed by atoms with E-state index in [1.165, 1.54) is 13.1 Å². The molecule has 1 aromatic heterocycles. The van der Waals surface area contributed by atoms with Crippen LogP contribution in [0.1, 0.15) is 57.3 Å². The predicted molar refractivity (Wildman–Crippen MR) is 138 cm³/mol. The molecule has 2 aliphatic heterocycles. The van der Waals surface area contributed by atoms with Crippen LogP contribution in [0.15, 0.2) is 23.1 Å². The van der Waals surface area contributed by atoms with Crippen LogP contribution in [0.3, 0.4) is 0 Å². The number of hydrogen-bond acceptors (Lipinski definition) is 6. The first-order chi connectivity index (χ1) is 17.6. The molecule has 2 aliphatic rings. The van der Waals surface area contributed by atoms with E-state index in [9.17, 15) is 19.2 Å². The molecule has 2 atom stereocenters. The van der Waals surface area contributed by atoms with Gasteiger partial charge in [-0.1, -0.05) is 0 Å². The third-order valence-electron chi connectivity index (χ3n) is 7.58. The molecule has 4 rings (SSSR count). The molecule has 2 fully saturated rings. The number of ether oxygens (including phenoxy) is 1. The Morgan fingerprint density at radius 1 is 1.05 bits per heavy atom. The van der Waals surface area contributed by atoms with E-state index in [0.717, 1.165) is 25.3 Å². The second kappa shape index (κ2) is 10.9. The number of piperidine rings is 1. The lowest BCUT2D eigenvalue weighted by molar-refractivity contribution is -0.140. The Hall–Kier alpha value is -3.43. The number of fused-ring (bicyclic) bond motifs is 1. The Kier molecular flexibility index (Phi) is 7.85. The van der Waals surface area contributed by atoms with Crippen molar-refractivity contribution in [2.45, 2.75) is 65.6 Å². The first kappa shape index (κ1) is 26.6. The first-order valence-electron chi connectivity index (χ1n) is 13.0. The minimum atomic E-state index is -0.899. The zero-order valence-corrected chi connectivity index (χ0v) is 22.0. The van der Waals surface area contributed by atoms with Crippen molar-refractivity contribution in [3.8, 4) is 0 Å². The molecule has 0 saturated carbocycles. The molecule has 0 spiro atoms. The molecule has 37 heavy (non-hydrogen) atoms. The molecule has 0 radical (unpaired) electrons. The van der Waals surface area contributed by atoms with Gasteiger partial charge < -0.3 is 24.0 Å². The van der Waals surface area contributed by atoms with Crippen LogP contribution in [0.4, 0.5) is 10.1 Å². The number of halogens is 1. The smallest absolute Gasteiger partial charge is 0.344 e. The highest BCUT2D eigenvalue weighted by Crippen LogP contribution is 2.27. The van der Waals surface area contributed by atoms with Gasteiger partial charge >= 0.3 is 5.97 Å². The minimum absolute atomic E-state index is 0.0143. The van der Waals surface area contributed by atoms with Gasteiger partial charge in [0.2, 0.25) is 11.3 Å². The number of nitrogens with zero attached hydrogens (tertiary/aromatic N) is 4. The van der Waals surface area contributed by atoms with Gasteiger partial charge in [0, 0.05) is 63.3 Å². The molecule has 2 unspecified atom stereocenters. The molecular formula is C27H35FN4O5. The average molecular weight is 515 g/mol. The molecule has 200 valence electrons. The lowest BCUT2D eigenvalue weighted by atomic mass is 9.97. The summed E-state index contributed by atoms with van der Waals surface area (Å²) in [5.74, 6) is -1.77. The second-order valence-corrected chi connectivity index (χ2v) is 9.98. The SMILES string of the molecule is CCn1cc(C(=O)OCC(=O)N2C(C)CCCC2C)c(=O)c2cc(F)c(N3CCN(C(C)=O)CC3)cc21. The summed E-state index contributed by atoms with van der Waals surface area (Å²) in [6.07, 6.45) is 4.26. The summed E-state index contributed by atoms with van der Waals surface area (Å²) in [6, 6.07) is 2.91. The van der Waals surface area contributed by atoms with E-state index < -0.39 is 23.8 Å². The third kappa shape index (κ3) is 5.33.